The fourth-order valence-electron chi connectivity index (χ4n) is 3.39. The molecule has 0 saturated carbocycles. The molecule has 1 aromatic carbocycles. The molecule has 31 heavy (non-hydrogen) atoms. The third-order valence-corrected chi connectivity index (χ3v) is 5.48. The quantitative estimate of drug-likeness (QED) is 0.604. The van der Waals surface area contributed by atoms with Gasteiger partial charge in [-0.2, -0.15) is 26.3 Å². The van der Waals surface area contributed by atoms with Gasteiger partial charge in [0.1, 0.15) is 0 Å². The molecule has 4 nitrogen and oxygen atoms in total. The van der Waals surface area contributed by atoms with Crippen molar-refractivity contribution in [1.82, 2.24) is 4.90 Å². The molecule has 1 aliphatic rings. The average Bonchev–Trinajstić information content (AvgIpc) is 2.60. The van der Waals surface area contributed by atoms with Gasteiger partial charge in [0.15, 0.2) is 0 Å². The maximum atomic E-state index is 12.9. The molecule has 1 heterocycles. The molecule has 1 atom stereocenters. The minimum Gasteiger partial charge on any atom is -0.391 e. The van der Waals surface area contributed by atoms with Crippen LogP contribution in [0.4, 0.5) is 32.0 Å². The first-order valence-corrected chi connectivity index (χ1v) is 10.1. The Morgan fingerprint density at radius 2 is 1.52 bits per heavy atom. The van der Waals surface area contributed by atoms with E-state index >= 15 is 0 Å². The van der Waals surface area contributed by atoms with Gasteiger partial charge in [-0.3, -0.25) is 4.79 Å². The van der Waals surface area contributed by atoms with Crippen molar-refractivity contribution in [3.63, 3.8) is 0 Å². The molecule has 1 fully saturated rings. The Bertz CT molecular complexity index is 730. The smallest absolute Gasteiger partial charge is 0.391 e. The van der Waals surface area contributed by atoms with E-state index in [9.17, 15) is 36.2 Å². The molecule has 0 radical (unpaired) electrons. The number of aliphatic hydroxyl groups excluding tert-OH is 1. The van der Waals surface area contributed by atoms with Crippen LogP contribution in [0.15, 0.2) is 18.2 Å². The number of likely N-dealkylation sites (tertiary alicyclic amines) is 1. The van der Waals surface area contributed by atoms with Crippen molar-refractivity contribution < 1.29 is 36.2 Å². The maximum Gasteiger partial charge on any atom is 0.416 e. The summed E-state index contributed by atoms with van der Waals surface area (Å²) in [5.74, 6) is -0.656. The number of rotatable bonds is 5. The van der Waals surface area contributed by atoms with Crippen LogP contribution < -0.4 is 5.32 Å². The fourth-order valence-corrected chi connectivity index (χ4v) is 3.39. The van der Waals surface area contributed by atoms with E-state index in [1.807, 2.05) is 20.8 Å². The molecule has 0 bridgehead atoms. The number of hydrogen-bond acceptors (Lipinski definition) is 3. The zero-order chi connectivity index (χ0) is 23.6. The number of nitrogens with zero attached hydrogens (tertiary/aromatic N) is 1. The van der Waals surface area contributed by atoms with E-state index in [4.69, 9.17) is 0 Å². The molecule has 1 aromatic rings. The second-order valence-corrected chi connectivity index (χ2v) is 9.17. The van der Waals surface area contributed by atoms with Gasteiger partial charge >= 0.3 is 12.4 Å². The largest absolute Gasteiger partial charge is 0.416 e. The van der Waals surface area contributed by atoms with Crippen LogP contribution in [-0.2, 0) is 17.1 Å². The Kier molecular flexibility index (Phi) is 7.68. The Labute approximate surface area is 177 Å². The van der Waals surface area contributed by atoms with Crippen LogP contribution in [0.5, 0.6) is 0 Å². The van der Waals surface area contributed by atoms with Crippen molar-refractivity contribution in [2.75, 3.05) is 25.0 Å². The highest BCUT2D eigenvalue weighted by atomic mass is 19.4. The fraction of sp³-hybridized carbons (Fsp3) is 0.667. The first-order valence-electron chi connectivity index (χ1n) is 10.1. The summed E-state index contributed by atoms with van der Waals surface area (Å²) >= 11 is 0. The second kappa shape index (κ2) is 9.36. The maximum absolute atomic E-state index is 12.9. The lowest BCUT2D eigenvalue weighted by Crippen LogP contribution is -2.43. The van der Waals surface area contributed by atoms with Crippen LogP contribution in [0.25, 0.3) is 0 Å². The Morgan fingerprint density at radius 3 is 1.94 bits per heavy atom. The Morgan fingerprint density at radius 1 is 1.03 bits per heavy atom. The SMILES string of the molecule is CC(C)(C)C(O)CN1CCC(CC(=O)Nc2cc(C(F)(F)F)cc(C(F)(F)F)c2)CC1. The summed E-state index contributed by atoms with van der Waals surface area (Å²) in [5.41, 5.74) is -3.72. The Balaban J connectivity index is 1.96. The lowest BCUT2D eigenvalue weighted by Gasteiger charge is -2.36. The molecule has 1 saturated heterocycles. The zero-order valence-electron chi connectivity index (χ0n) is 17.7. The van der Waals surface area contributed by atoms with Crippen LogP contribution in [0.2, 0.25) is 0 Å². The van der Waals surface area contributed by atoms with Gasteiger partial charge in [0.25, 0.3) is 0 Å². The van der Waals surface area contributed by atoms with E-state index in [-0.39, 0.29) is 23.8 Å². The van der Waals surface area contributed by atoms with E-state index < -0.39 is 41.2 Å². The van der Waals surface area contributed by atoms with Gasteiger partial charge in [0.2, 0.25) is 5.91 Å². The molecule has 176 valence electrons. The van der Waals surface area contributed by atoms with E-state index in [1.54, 1.807) is 0 Å². The molecule has 2 rings (SSSR count). The molecule has 2 N–H and O–H groups in total. The highest BCUT2D eigenvalue weighted by molar-refractivity contribution is 5.91. The minimum atomic E-state index is -4.97. The standard InChI is InChI=1S/C21H28F6N2O2/c1-19(2,3)17(30)12-29-6-4-13(5-7-29)8-18(31)28-16-10-14(20(22,23)24)9-15(11-16)21(25,26)27/h9-11,13,17,30H,4-8,12H2,1-3H3,(H,28,31). The van der Waals surface area contributed by atoms with Crippen molar-refractivity contribution in [3.8, 4) is 0 Å². The van der Waals surface area contributed by atoms with Gasteiger partial charge in [-0.05, 0) is 55.5 Å². The van der Waals surface area contributed by atoms with Crippen molar-refractivity contribution in [2.45, 2.75) is 58.5 Å². The zero-order valence-corrected chi connectivity index (χ0v) is 17.7. The van der Waals surface area contributed by atoms with Gasteiger partial charge in [-0.25, -0.2) is 0 Å². The molecule has 1 unspecified atom stereocenters. The number of benzene rings is 1. The normalized spacial score (nSPS) is 18.1. The monoisotopic (exact) mass is 454 g/mol. The van der Waals surface area contributed by atoms with Crippen LogP contribution in [0, 0.1) is 11.3 Å². The summed E-state index contributed by atoms with van der Waals surface area (Å²) in [7, 11) is 0. The number of aliphatic hydroxyl groups is 1. The van der Waals surface area contributed by atoms with Gasteiger partial charge in [-0.1, -0.05) is 20.8 Å². The highest BCUT2D eigenvalue weighted by Gasteiger charge is 2.37. The number of carbonyl (C=O) groups is 1. The average molecular weight is 454 g/mol. The first-order chi connectivity index (χ1) is 14.1. The molecule has 0 spiro atoms. The summed E-state index contributed by atoms with van der Waals surface area (Å²) < 4.78 is 77.7. The lowest BCUT2D eigenvalue weighted by molar-refractivity contribution is -0.143. The number of hydrogen-bond donors (Lipinski definition) is 2. The third-order valence-electron chi connectivity index (χ3n) is 5.48. The number of amides is 1. The van der Waals surface area contributed by atoms with E-state index in [2.05, 4.69) is 10.2 Å². The number of β-amino-alcohol motifs (C(OH)–C–C–N with tert-alkyl or cyclic N) is 1. The summed E-state index contributed by atoms with van der Waals surface area (Å²) in [5, 5.41) is 12.4. The van der Waals surface area contributed by atoms with Crippen LogP contribution in [0.1, 0.15) is 51.2 Å². The molecular weight excluding hydrogens is 426 g/mol. The number of alkyl halides is 6. The third kappa shape index (κ3) is 7.68. The van der Waals surface area contributed by atoms with Crippen molar-refractivity contribution in [2.24, 2.45) is 11.3 Å². The summed E-state index contributed by atoms with van der Waals surface area (Å²) in [4.78, 5) is 14.4. The molecule has 0 aromatic heterocycles. The van der Waals surface area contributed by atoms with Gasteiger partial charge in [-0.15, -0.1) is 0 Å². The van der Waals surface area contributed by atoms with Crippen LogP contribution >= 0.6 is 0 Å². The summed E-state index contributed by atoms with van der Waals surface area (Å²) in [6, 6.07) is 1.03. The molecular formula is C21H28F6N2O2. The first kappa shape index (κ1) is 25.5. The van der Waals surface area contributed by atoms with E-state index in [1.165, 1.54) is 0 Å². The van der Waals surface area contributed by atoms with Crippen LogP contribution in [-0.4, -0.2) is 41.7 Å². The van der Waals surface area contributed by atoms with Crippen molar-refractivity contribution in [3.05, 3.63) is 29.3 Å². The molecule has 10 heteroatoms. The molecule has 1 amide bonds. The lowest BCUT2D eigenvalue weighted by atomic mass is 9.87. The number of halogens is 6. The topological polar surface area (TPSA) is 52.6 Å². The highest BCUT2D eigenvalue weighted by Crippen LogP contribution is 2.37. The number of anilines is 1. The molecule has 1 aliphatic heterocycles. The van der Waals surface area contributed by atoms with Crippen molar-refractivity contribution in [1.29, 1.82) is 0 Å². The van der Waals surface area contributed by atoms with E-state index in [0.717, 1.165) is 0 Å². The summed E-state index contributed by atoms with van der Waals surface area (Å²) in [6.07, 6.45) is -9.12. The predicted molar refractivity (Wildman–Crippen MR) is 104 cm³/mol. The summed E-state index contributed by atoms with van der Waals surface area (Å²) in [6.45, 7) is 7.64. The van der Waals surface area contributed by atoms with Crippen molar-refractivity contribution >= 4 is 11.6 Å². The number of carbonyl (C=O) groups excluding carboxylic acids is 1. The minimum absolute atomic E-state index is 0.00720. The van der Waals surface area contributed by atoms with Gasteiger partial charge in [0, 0.05) is 18.7 Å². The predicted octanol–water partition coefficient (Wildman–Crippen LogP) is 5.17. The Hall–Kier alpha value is -1.81. The van der Waals surface area contributed by atoms with Crippen LogP contribution in [0.3, 0.4) is 0 Å². The number of nitrogens with one attached hydrogen (secondary N) is 1. The van der Waals surface area contributed by atoms with Gasteiger partial charge in [0.05, 0.1) is 17.2 Å². The number of piperidine rings is 1. The van der Waals surface area contributed by atoms with E-state index in [0.29, 0.717) is 44.6 Å². The van der Waals surface area contributed by atoms with Gasteiger partial charge < -0.3 is 15.3 Å². The molecule has 0 aliphatic carbocycles. The second-order valence-electron chi connectivity index (χ2n) is 9.17.